The monoisotopic (exact) mass is 329 g/mol. The third-order valence-corrected chi connectivity index (χ3v) is 4.88. The van der Waals surface area contributed by atoms with Gasteiger partial charge in [0.15, 0.2) is 0 Å². The number of nitrogens with one attached hydrogen (secondary N) is 1. The Labute approximate surface area is 142 Å². The molecule has 5 heteroatoms. The predicted molar refractivity (Wildman–Crippen MR) is 91.2 cm³/mol. The smallest absolute Gasteiger partial charge is 0.223 e. The largest absolute Gasteiger partial charge is 0.354 e. The second-order valence-electron chi connectivity index (χ2n) is 6.64. The Bertz CT molecular complexity index is 708. The van der Waals surface area contributed by atoms with E-state index in [4.69, 9.17) is 0 Å². The van der Waals surface area contributed by atoms with Gasteiger partial charge < -0.3 is 5.32 Å². The normalized spacial score (nSPS) is 20.3. The number of amides is 1. The first-order valence-corrected chi connectivity index (χ1v) is 8.59. The van der Waals surface area contributed by atoms with E-state index in [-0.39, 0.29) is 23.6 Å². The lowest BCUT2D eigenvalue weighted by molar-refractivity contribution is -0.125. The highest BCUT2D eigenvalue weighted by Crippen LogP contribution is 2.39. The van der Waals surface area contributed by atoms with Crippen molar-refractivity contribution in [3.8, 4) is 0 Å². The highest BCUT2D eigenvalue weighted by molar-refractivity contribution is 5.80. The molecule has 1 heterocycles. The van der Waals surface area contributed by atoms with Crippen LogP contribution in [0.5, 0.6) is 0 Å². The number of aryl methyl sites for hydroxylation is 2. The number of carbonyl (C=O) groups excluding carboxylic acids is 1. The van der Waals surface area contributed by atoms with Crippen LogP contribution in [0.3, 0.4) is 0 Å². The van der Waals surface area contributed by atoms with E-state index >= 15 is 0 Å². The highest BCUT2D eigenvalue weighted by Gasteiger charge is 2.33. The predicted octanol–water partition coefficient (Wildman–Crippen LogP) is 3.34. The summed E-state index contributed by atoms with van der Waals surface area (Å²) in [5.41, 5.74) is 3.16. The quantitative estimate of drug-likeness (QED) is 0.914. The first-order chi connectivity index (χ1) is 11.5. The Balaban J connectivity index is 1.57. The van der Waals surface area contributed by atoms with Gasteiger partial charge in [-0.2, -0.15) is 5.10 Å². The minimum absolute atomic E-state index is 0.0177. The molecular weight excluding hydrogens is 305 g/mol. The molecule has 1 aliphatic rings. The third kappa shape index (κ3) is 3.66. The van der Waals surface area contributed by atoms with Gasteiger partial charge in [-0.05, 0) is 56.4 Å². The van der Waals surface area contributed by atoms with E-state index in [2.05, 4.69) is 10.4 Å². The van der Waals surface area contributed by atoms with Crippen molar-refractivity contribution in [2.24, 2.45) is 5.92 Å². The maximum Gasteiger partial charge on any atom is 0.223 e. The highest BCUT2D eigenvalue weighted by atomic mass is 19.1. The lowest BCUT2D eigenvalue weighted by Gasteiger charge is -2.19. The van der Waals surface area contributed by atoms with Crippen LogP contribution in [0.15, 0.2) is 30.3 Å². The molecule has 3 rings (SSSR count). The molecule has 1 aliphatic carbocycles. The van der Waals surface area contributed by atoms with E-state index in [0.29, 0.717) is 13.1 Å². The fourth-order valence-corrected chi connectivity index (χ4v) is 3.70. The second kappa shape index (κ2) is 7.16. The van der Waals surface area contributed by atoms with Gasteiger partial charge >= 0.3 is 0 Å². The standard InChI is InChI=1S/C19H24FN3O/c1-13-12-14(2)23(22-13)11-10-21-19(24)18-5-3-4-17(18)15-6-8-16(20)9-7-15/h6-9,12,17-18H,3-5,10-11H2,1-2H3,(H,21,24)/t17-,18-/m1/s1. The number of hydrogen-bond donors (Lipinski definition) is 1. The molecule has 128 valence electrons. The molecule has 4 nitrogen and oxygen atoms in total. The third-order valence-electron chi connectivity index (χ3n) is 4.88. The molecule has 2 aromatic rings. The molecular formula is C19H24FN3O. The van der Waals surface area contributed by atoms with E-state index in [1.807, 2.05) is 36.7 Å². The zero-order chi connectivity index (χ0) is 17.1. The summed E-state index contributed by atoms with van der Waals surface area (Å²) in [6.45, 7) is 5.24. The van der Waals surface area contributed by atoms with Crippen LogP contribution in [0.2, 0.25) is 0 Å². The van der Waals surface area contributed by atoms with Crippen LogP contribution in [0.25, 0.3) is 0 Å². The lowest BCUT2D eigenvalue weighted by Crippen LogP contribution is -2.34. The fraction of sp³-hybridized carbons (Fsp3) is 0.474. The molecule has 0 spiro atoms. The van der Waals surface area contributed by atoms with Crippen LogP contribution in [0.4, 0.5) is 4.39 Å². The molecule has 1 aromatic heterocycles. The number of aromatic nitrogens is 2. The summed E-state index contributed by atoms with van der Waals surface area (Å²) in [6.07, 6.45) is 2.92. The number of carbonyl (C=O) groups is 1. The average Bonchev–Trinajstić information content (AvgIpc) is 3.15. The summed E-state index contributed by atoms with van der Waals surface area (Å²) in [6, 6.07) is 8.60. The molecule has 0 bridgehead atoms. The molecule has 1 amide bonds. The Morgan fingerprint density at radius 1 is 1.29 bits per heavy atom. The van der Waals surface area contributed by atoms with Crippen LogP contribution in [0.1, 0.15) is 42.1 Å². The number of nitrogens with zero attached hydrogens (tertiary/aromatic N) is 2. The van der Waals surface area contributed by atoms with Crippen LogP contribution in [-0.4, -0.2) is 22.2 Å². The van der Waals surface area contributed by atoms with Gasteiger partial charge in [0.2, 0.25) is 5.91 Å². The summed E-state index contributed by atoms with van der Waals surface area (Å²) in [4.78, 5) is 12.6. The van der Waals surface area contributed by atoms with E-state index in [9.17, 15) is 9.18 Å². The van der Waals surface area contributed by atoms with E-state index in [0.717, 1.165) is 36.2 Å². The van der Waals surface area contributed by atoms with E-state index in [1.165, 1.54) is 12.1 Å². The SMILES string of the molecule is Cc1cc(C)n(CCNC(=O)[C@@H]2CCC[C@@H]2c2ccc(F)cc2)n1. The first-order valence-electron chi connectivity index (χ1n) is 8.59. The molecule has 1 saturated carbocycles. The van der Waals surface area contributed by atoms with Crippen molar-refractivity contribution in [2.45, 2.75) is 45.6 Å². The lowest BCUT2D eigenvalue weighted by atomic mass is 9.88. The van der Waals surface area contributed by atoms with Crippen LogP contribution in [0, 0.1) is 25.6 Å². The average molecular weight is 329 g/mol. The van der Waals surface area contributed by atoms with Gasteiger partial charge in [-0.1, -0.05) is 18.6 Å². The molecule has 0 aliphatic heterocycles. The topological polar surface area (TPSA) is 46.9 Å². The molecule has 0 unspecified atom stereocenters. The fourth-order valence-electron chi connectivity index (χ4n) is 3.70. The molecule has 24 heavy (non-hydrogen) atoms. The van der Waals surface area contributed by atoms with Crippen LogP contribution in [-0.2, 0) is 11.3 Å². The van der Waals surface area contributed by atoms with Gasteiger partial charge in [0.05, 0.1) is 12.2 Å². The Hall–Kier alpha value is -2.17. The van der Waals surface area contributed by atoms with Gasteiger partial charge in [0.1, 0.15) is 5.82 Å². The Morgan fingerprint density at radius 2 is 2.04 bits per heavy atom. The zero-order valence-corrected chi connectivity index (χ0v) is 14.3. The summed E-state index contributed by atoms with van der Waals surface area (Å²) in [5, 5.41) is 7.45. The van der Waals surface area contributed by atoms with Gasteiger partial charge in [0.25, 0.3) is 0 Å². The van der Waals surface area contributed by atoms with E-state index < -0.39 is 0 Å². The molecule has 0 radical (unpaired) electrons. The molecule has 1 aromatic carbocycles. The van der Waals surface area contributed by atoms with Crippen molar-refractivity contribution in [3.63, 3.8) is 0 Å². The molecule has 2 atom stereocenters. The van der Waals surface area contributed by atoms with Crippen LogP contribution >= 0.6 is 0 Å². The summed E-state index contributed by atoms with van der Waals surface area (Å²) in [5.74, 6) is 0.0428. The van der Waals surface area contributed by atoms with Gasteiger partial charge in [-0.15, -0.1) is 0 Å². The maximum absolute atomic E-state index is 13.1. The van der Waals surface area contributed by atoms with Crippen molar-refractivity contribution in [1.82, 2.24) is 15.1 Å². The molecule has 1 fully saturated rings. The van der Waals surface area contributed by atoms with Crippen LogP contribution < -0.4 is 5.32 Å². The minimum atomic E-state index is -0.234. The summed E-state index contributed by atoms with van der Waals surface area (Å²) >= 11 is 0. The molecule has 1 N–H and O–H groups in total. The van der Waals surface area contributed by atoms with Gasteiger partial charge in [-0.25, -0.2) is 4.39 Å². The number of hydrogen-bond acceptors (Lipinski definition) is 2. The number of benzene rings is 1. The number of rotatable bonds is 5. The van der Waals surface area contributed by atoms with Gasteiger partial charge in [0, 0.05) is 18.2 Å². The summed E-state index contributed by atoms with van der Waals surface area (Å²) < 4.78 is 15.0. The summed E-state index contributed by atoms with van der Waals surface area (Å²) in [7, 11) is 0. The van der Waals surface area contributed by atoms with Crippen molar-refractivity contribution in [3.05, 3.63) is 53.1 Å². The Kier molecular flexibility index (Phi) is 4.97. The Morgan fingerprint density at radius 3 is 2.71 bits per heavy atom. The zero-order valence-electron chi connectivity index (χ0n) is 14.3. The second-order valence-corrected chi connectivity index (χ2v) is 6.64. The minimum Gasteiger partial charge on any atom is -0.354 e. The first kappa shape index (κ1) is 16.7. The van der Waals surface area contributed by atoms with Crippen molar-refractivity contribution in [1.29, 1.82) is 0 Å². The van der Waals surface area contributed by atoms with Crippen molar-refractivity contribution in [2.75, 3.05) is 6.54 Å². The van der Waals surface area contributed by atoms with Gasteiger partial charge in [-0.3, -0.25) is 9.48 Å². The van der Waals surface area contributed by atoms with E-state index in [1.54, 1.807) is 0 Å². The van der Waals surface area contributed by atoms with Crippen molar-refractivity contribution < 1.29 is 9.18 Å². The number of halogens is 1. The maximum atomic E-state index is 13.1. The molecule has 0 saturated heterocycles. The van der Waals surface area contributed by atoms with Crippen molar-refractivity contribution >= 4 is 5.91 Å².